The molecule has 108 valence electrons. The topological polar surface area (TPSA) is 33.1 Å². The molecule has 1 aromatic rings. The van der Waals surface area contributed by atoms with E-state index in [-0.39, 0.29) is 0 Å². The standard InChI is InChI=1S/C15H28N4/c1-10(2)19-8-7-13(9-16-5)15(19)14-11(3)17-18(6)12(14)4/h10,13,15-16H,7-9H2,1-6H3. The lowest BCUT2D eigenvalue weighted by molar-refractivity contribution is 0.181. The lowest BCUT2D eigenvalue weighted by Crippen LogP contribution is -2.34. The normalized spacial score (nSPS) is 24.6. The largest absolute Gasteiger partial charge is 0.319 e. The van der Waals surface area contributed by atoms with Gasteiger partial charge in [-0.05, 0) is 60.2 Å². The van der Waals surface area contributed by atoms with Crippen molar-refractivity contribution >= 4 is 0 Å². The van der Waals surface area contributed by atoms with Gasteiger partial charge in [0.25, 0.3) is 0 Å². The van der Waals surface area contributed by atoms with E-state index in [2.05, 4.69) is 50.1 Å². The maximum atomic E-state index is 4.61. The van der Waals surface area contributed by atoms with E-state index in [9.17, 15) is 0 Å². The highest BCUT2D eigenvalue weighted by Crippen LogP contribution is 2.40. The van der Waals surface area contributed by atoms with Gasteiger partial charge in [0.2, 0.25) is 0 Å². The first kappa shape index (κ1) is 14.5. The molecule has 2 atom stereocenters. The lowest BCUT2D eigenvalue weighted by Gasteiger charge is -2.32. The Morgan fingerprint density at radius 2 is 2.05 bits per heavy atom. The third-order valence-corrected chi connectivity index (χ3v) is 4.55. The molecular formula is C15H28N4. The first-order valence-corrected chi connectivity index (χ1v) is 7.37. The summed E-state index contributed by atoms with van der Waals surface area (Å²) in [5, 5.41) is 7.97. The Hall–Kier alpha value is -0.870. The maximum absolute atomic E-state index is 4.61. The van der Waals surface area contributed by atoms with E-state index in [4.69, 9.17) is 0 Å². The van der Waals surface area contributed by atoms with E-state index in [1.165, 1.54) is 29.9 Å². The zero-order valence-corrected chi connectivity index (χ0v) is 13.2. The van der Waals surface area contributed by atoms with Gasteiger partial charge in [0.15, 0.2) is 0 Å². The Morgan fingerprint density at radius 1 is 1.37 bits per heavy atom. The van der Waals surface area contributed by atoms with Gasteiger partial charge in [0, 0.05) is 30.4 Å². The van der Waals surface area contributed by atoms with Crippen LogP contribution in [0.4, 0.5) is 0 Å². The number of nitrogens with one attached hydrogen (secondary N) is 1. The third-order valence-electron chi connectivity index (χ3n) is 4.55. The Labute approximate surface area is 117 Å². The number of rotatable bonds is 4. The summed E-state index contributed by atoms with van der Waals surface area (Å²) in [7, 11) is 4.10. The number of aromatic nitrogens is 2. The number of hydrogen-bond acceptors (Lipinski definition) is 3. The van der Waals surface area contributed by atoms with Crippen molar-refractivity contribution < 1.29 is 0 Å². The molecule has 1 aromatic heterocycles. The van der Waals surface area contributed by atoms with Crippen LogP contribution >= 0.6 is 0 Å². The van der Waals surface area contributed by atoms with Crippen molar-refractivity contribution in [3.05, 3.63) is 17.0 Å². The van der Waals surface area contributed by atoms with Crippen LogP contribution in [0.2, 0.25) is 0 Å². The molecule has 0 aliphatic carbocycles. The van der Waals surface area contributed by atoms with Crippen LogP contribution in [0.5, 0.6) is 0 Å². The molecule has 0 aromatic carbocycles. The van der Waals surface area contributed by atoms with E-state index in [0.29, 0.717) is 18.0 Å². The highest BCUT2D eigenvalue weighted by atomic mass is 15.3. The highest BCUT2D eigenvalue weighted by Gasteiger charge is 2.38. The molecule has 0 bridgehead atoms. The summed E-state index contributed by atoms with van der Waals surface area (Å²) in [6, 6.07) is 1.10. The zero-order chi connectivity index (χ0) is 14.2. The molecule has 1 saturated heterocycles. The minimum atomic E-state index is 0.515. The average Bonchev–Trinajstić information content (AvgIpc) is 2.83. The molecule has 19 heavy (non-hydrogen) atoms. The fourth-order valence-electron chi connectivity index (χ4n) is 3.56. The van der Waals surface area contributed by atoms with E-state index >= 15 is 0 Å². The summed E-state index contributed by atoms with van der Waals surface area (Å²) >= 11 is 0. The van der Waals surface area contributed by atoms with Crippen molar-refractivity contribution in [2.75, 3.05) is 20.1 Å². The molecule has 0 amide bonds. The van der Waals surface area contributed by atoms with Crippen LogP contribution in [0.3, 0.4) is 0 Å². The van der Waals surface area contributed by atoms with Gasteiger partial charge >= 0.3 is 0 Å². The van der Waals surface area contributed by atoms with E-state index in [0.717, 1.165) is 6.54 Å². The first-order valence-electron chi connectivity index (χ1n) is 7.37. The van der Waals surface area contributed by atoms with E-state index in [1.807, 2.05) is 11.7 Å². The second-order valence-corrected chi connectivity index (χ2v) is 6.09. The van der Waals surface area contributed by atoms with Crippen LogP contribution < -0.4 is 5.32 Å². The molecule has 1 aliphatic heterocycles. The van der Waals surface area contributed by atoms with Crippen LogP contribution in [0.1, 0.15) is 43.3 Å². The molecule has 1 aliphatic rings. The lowest BCUT2D eigenvalue weighted by atomic mass is 9.91. The van der Waals surface area contributed by atoms with Crippen LogP contribution in [-0.4, -0.2) is 40.9 Å². The average molecular weight is 264 g/mol. The summed E-state index contributed by atoms with van der Waals surface area (Å²) < 4.78 is 2.03. The molecular weight excluding hydrogens is 236 g/mol. The molecule has 0 radical (unpaired) electrons. The molecule has 0 saturated carbocycles. The highest BCUT2D eigenvalue weighted by molar-refractivity contribution is 5.30. The third kappa shape index (κ3) is 2.56. The second-order valence-electron chi connectivity index (χ2n) is 6.09. The summed E-state index contributed by atoms with van der Waals surface area (Å²) in [5.74, 6) is 0.689. The van der Waals surface area contributed by atoms with Gasteiger partial charge in [-0.15, -0.1) is 0 Å². The molecule has 4 nitrogen and oxygen atoms in total. The van der Waals surface area contributed by atoms with Gasteiger partial charge in [-0.3, -0.25) is 9.58 Å². The van der Waals surface area contributed by atoms with Crippen molar-refractivity contribution in [3.8, 4) is 0 Å². The van der Waals surface area contributed by atoms with Crippen molar-refractivity contribution in [3.63, 3.8) is 0 Å². The summed E-state index contributed by atoms with van der Waals surface area (Å²) in [6.07, 6.45) is 1.28. The number of hydrogen-bond donors (Lipinski definition) is 1. The van der Waals surface area contributed by atoms with Crippen LogP contribution in [0.15, 0.2) is 0 Å². The van der Waals surface area contributed by atoms with Gasteiger partial charge in [-0.1, -0.05) is 0 Å². The molecule has 2 unspecified atom stereocenters. The van der Waals surface area contributed by atoms with Gasteiger partial charge in [-0.2, -0.15) is 5.10 Å². The van der Waals surface area contributed by atoms with E-state index < -0.39 is 0 Å². The zero-order valence-electron chi connectivity index (χ0n) is 13.2. The second kappa shape index (κ2) is 5.63. The monoisotopic (exact) mass is 264 g/mol. The predicted molar refractivity (Wildman–Crippen MR) is 79.3 cm³/mol. The number of likely N-dealkylation sites (tertiary alicyclic amines) is 1. The Morgan fingerprint density at radius 3 is 2.53 bits per heavy atom. The molecule has 1 N–H and O–H groups in total. The van der Waals surface area contributed by atoms with Crippen molar-refractivity contribution in [1.29, 1.82) is 0 Å². The predicted octanol–water partition coefficient (Wildman–Crippen LogP) is 2.03. The van der Waals surface area contributed by atoms with Crippen molar-refractivity contribution in [1.82, 2.24) is 20.0 Å². The molecule has 2 heterocycles. The molecule has 4 heteroatoms. The quantitative estimate of drug-likeness (QED) is 0.903. The minimum Gasteiger partial charge on any atom is -0.319 e. The van der Waals surface area contributed by atoms with Gasteiger partial charge in [0.05, 0.1) is 5.69 Å². The van der Waals surface area contributed by atoms with Crippen LogP contribution in [0.25, 0.3) is 0 Å². The summed E-state index contributed by atoms with van der Waals surface area (Å²) in [4.78, 5) is 2.64. The van der Waals surface area contributed by atoms with Crippen LogP contribution in [0, 0.1) is 19.8 Å². The van der Waals surface area contributed by atoms with E-state index in [1.54, 1.807) is 0 Å². The van der Waals surface area contributed by atoms with Crippen molar-refractivity contribution in [2.24, 2.45) is 13.0 Å². The number of aryl methyl sites for hydroxylation is 2. The SMILES string of the molecule is CNCC1CCN(C(C)C)C1c1c(C)nn(C)c1C. The van der Waals surface area contributed by atoms with Crippen LogP contribution in [-0.2, 0) is 7.05 Å². The first-order chi connectivity index (χ1) is 8.97. The molecule has 0 spiro atoms. The van der Waals surface area contributed by atoms with Gasteiger partial charge in [-0.25, -0.2) is 0 Å². The Kier molecular flexibility index (Phi) is 4.31. The minimum absolute atomic E-state index is 0.515. The van der Waals surface area contributed by atoms with Crippen molar-refractivity contribution in [2.45, 2.75) is 46.2 Å². The number of nitrogens with zero attached hydrogens (tertiary/aromatic N) is 3. The summed E-state index contributed by atoms with van der Waals surface area (Å²) in [5.41, 5.74) is 3.96. The Bertz CT molecular complexity index is 436. The Balaban J connectivity index is 2.40. The molecule has 2 rings (SSSR count). The molecule has 1 fully saturated rings. The fraction of sp³-hybridized carbons (Fsp3) is 0.800. The van der Waals surface area contributed by atoms with Gasteiger partial charge < -0.3 is 5.32 Å². The summed E-state index contributed by atoms with van der Waals surface area (Å²) in [6.45, 7) is 11.2. The fourth-order valence-corrected chi connectivity index (χ4v) is 3.56. The smallest absolute Gasteiger partial charge is 0.0644 e. The van der Waals surface area contributed by atoms with Gasteiger partial charge in [0.1, 0.15) is 0 Å². The maximum Gasteiger partial charge on any atom is 0.0644 e.